The van der Waals surface area contributed by atoms with Crippen LogP contribution in [0.15, 0.2) is 36.5 Å². The lowest BCUT2D eigenvalue weighted by atomic mass is 9.75. The molecule has 1 aromatic carbocycles. The fourth-order valence-electron chi connectivity index (χ4n) is 4.27. The van der Waals surface area contributed by atoms with Crippen molar-refractivity contribution in [3.63, 3.8) is 0 Å². The van der Waals surface area contributed by atoms with Crippen LogP contribution in [-0.2, 0) is 11.2 Å². The molecule has 1 aliphatic carbocycles. The number of ketones is 1. The minimum atomic E-state index is -0.986. The van der Waals surface area contributed by atoms with Crippen molar-refractivity contribution in [2.24, 2.45) is 5.41 Å². The number of rotatable bonds is 9. The minimum absolute atomic E-state index is 0.0148. The van der Waals surface area contributed by atoms with Gasteiger partial charge in [0.05, 0.1) is 19.1 Å². The number of carbonyl (C=O) groups excluding carboxylic acids is 1. The van der Waals surface area contributed by atoms with E-state index < -0.39 is 11.4 Å². The topological polar surface area (TPSA) is 85.7 Å². The molecule has 0 amide bonds. The molecule has 1 aromatic heterocycles. The number of carbonyl (C=O) groups is 2. The largest absolute Gasteiger partial charge is 0.488 e. The highest BCUT2D eigenvalue weighted by Gasteiger charge is 2.40. The van der Waals surface area contributed by atoms with Gasteiger partial charge < -0.3 is 14.6 Å². The molecule has 166 valence electrons. The Bertz CT molecular complexity index is 916. The first-order valence-corrected chi connectivity index (χ1v) is 10.9. The molecule has 1 N–H and O–H groups in total. The van der Waals surface area contributed by atoms with E-state index in [0.29, 0.717) is 43.1 Å². The van der Waals surface area contributed by atoms with E-state index in [-0.39, 0.29) is 12.2 Å². The maximum absolute atomic E-state index is 13.0. The van der Waals surface area contributed by atoms with Crippen LogP contribution in [0.4, 0.5) is 0 Å². The van der Waals surface area contributed by atoms with Crippen molar-refractivity contribution in [2.75, 3.05) is 13.7 Å². The Kier molecular flexibility index (Phi) is 7.66. The maximum Gasteiger partial charge on any atom is 0.310 e. The molecule has 0 aliphatic heterocycles. The van der Waals surface area contributed by atoms with Crippen LogP contribution in [0.3, 0.4) is 0 Å². The quantitative estimate of drug-likeness (QED) is 0.449. The van der Waals surface area contributed by atoms with Gasteiger partial charge in [-0.15, -0.1) is 0 Å². The number of nitrogens with zero attached hydrogens (tertiary/aromatic N) is 1. The molecule has 0 atom stereocenters. The van der Waals surface area contributed by atoms with Gasteiger partial charge in [0.2, 0.25) is 0 Å². The van der Waals surface area contributed by atoms with Gasteiger partial charge in [-0.1, -0.05) is 55.5 Å². The monoisotopic (exact) mass is 425 g/mol. The van der Waals surface area contributed by atoms with E-state index in [2.05, 4.69) is 11.1 Å². The third kappa shape index (κ3) is 5.84. The molecule has 1 fully saturated rings. The van der Waals surface area contributed by atoms with E-state index in [0.717, 1.165) is 31.2 Å². The van der Waals surface area contributed by atoms with E-state index in [1.165, 1.54) is 18.9 Å². The van der Waals surface area contributed by atoms with Crippen LogP contribution in [0, 0.1) is 12.3 Å². The molecule has 0 radical (unpaired) electrons. The smallest absolute Gasteiger partial charge is 0.310 e. The molecular weight excluding hydrogens is 394 g/mol. The number of hydrogen-bond donors (Lipinski definition) is 1. The summed E-state index contributed by atoms with van der Waals surface area (Å²) in [6.45, 7) is 2.46. The summed E-state index contributed by atoms with van der Waals surface area (Å²) in [5.74, 6) is -0.392. The number of carboxylic acid groups (broad SMARTS) is 1. The second-order valence-corrected chi connectivity index (χ2v) is 8.42. The number of aliphatic carboxylic acids is 1. The first kappa shape index (κ1) is 22.8. The summed E-state index contributed by atoms with van der Waals surface area (Å²) in [6, 6.07) is 9.83. The first-order valence-electron chi connectivity index (χ1n) is 10.9. The van der Waals surface area contributed by atoms with Gasteiger partial charge in [-0.05, 0) is 31.4 Å². The number of aryl methyl sites for hydroxylation is 1. The molecule has 31 heavy (non-hydrogen) atoms. The molecule has 1 saturated carbocycles. The summed E-state index contributed by atoms with van der Waals surface area (Å²) in [7, 11) is 1.50. The van der Waals surface area contributed by atoms with Gasteiger partial charge in [0.25, 0.3) is 5.88 Å². The molecule has 2 aromatic rings. The van der Waals surface area contributed by atoms with Crippen LogP contribution < -0.4 is 9.47 Å². The minimum Gasteiger partial charge on any atom is -0.488 e. The van der Waals surface area contributed by atoms with Gasteiger partial charge in [-0.3, -0.25) is 9.59 Å². The summed E-state index contributed by atoms with van der Waals surface area (Å²) < 4.78 is 11.2. The number of aromatic nitrogens is 1. The van der Waals surface area contributed by atoms with E-state index in [4.69, 9.17) is 9.47 Å². The zero-order valence-corrected chi connectivity index (χ0v) is 18.4. The van der Waals surface area contributed by atoms with Crippen molar-refractivity contribution in [2.45, 2.75) is 58.3 Å². The SMILES string of the molecule is COc1ncc(C(=O)CC2(C(=O)O)CCCCCC2)cc1OCCc1cccc(C)c1. The maximum atomic E-state index is 13.0. The number of Topliss-reactive ketones (excluding diaryl/α,β-unsaturated/α-hetero) is 1. The van der Waals surface area contributed by atoms with Gasteiger partial charge >= 0.3 is 5.97 Å². The Balaban J connectivity index is 1.72. The number of carboxylic acids is 1. The average Bonchev–Trinajstić information content (AvgIpc) is 3.00. The highest BCUT2D eigenvalue weighted by molar-refractivity contribution is 5.99. The average molecular weight is 426 g/mol. The second kappa shape index (κ2) is 10.4. The Hall–Kier alpha value is -2.89. The van der Waals surface area contributed by atoms with Crippen LogP contribution in [0.25, 0.3) is 0 Å². The number of methoxy groups -OCH3 is 1. The Morgan fingerprint density at radius 3 is 2.52 bits per heavy atom. The van der Waals surface area contributed by atoms with Crippen molar-refractivity contribution in [1.29, 1.82) is 0 Å². The van der Waals surface area contributed by atoms with Crippen molar-refractivity contribution < 1.29 is 24.2 Å². The van der Waals surface area contributed by atoms with E-state index in [9.17, 15) is 14.7 Å². The van der Waals surface area contributed by atoms with Gasteiger partial charge in [0.1, 0.15) is 0 Å². The van der Waals surface area contributed by atoms with Crippen LogP contribution in [-0.4, -0.2) is 35.6 Å². The van der Waals surface area contributed by atoms with E-state index in [1.54, 1.807) is 6.07 Å². The molecule has 0 bridgehead atoms. The van der Waals surface area contributed by atoms with Gasteiger partial charge in [0, 0.05) is 24.6 Å². The highest BCUT2D eigenvalue weighted by atomic mass is 16.5. The van der Waals surface area contributed by atoms with Gasteiger partial charge in [-0.2, -0.15) is 0 Å². The third-order valence-electron chi connectivity index (χ3n) is 6.08. The summed E-state index contributed by atoms with van der Waals surface area (Å²) in [5.41, 5.74) is 1.72. The van der Waals surface area contributed by atoms with Crippen LogP contribution in [0.2, 0.25) is 0 Å². The highest BCUT2D eigenvalue weighted by Crippen LogP contribution is 2.39. The van der Waals surface area contributed by atoms with Crippen LogP contribution in [0.1, 0.15) is 66.4 Å². The molecule has 0 spiro atoms. The Morgan fingerprint density at radius 2 is 1.87 bits per heavy atom. The van der Waals surface area contributed by atoms with Crippen molar-refractivity contribution in [3.8, 4) is 11.6 Å². The fraction of sp³-hybridized carbons (Fsp3) is 0.480. The number of hydrogen-bond acceptors (Lipinski definition) is 5. The first-order chi connectivity index (χ1) is 14.9. The van der Waals surface area contributed by atoms with E-state index in [1.807, 2.05) is 25.1 Å². The lowest BCUT2D eigenvalue weighted by Gasteiger charge is -2.27. The Morgan fingerprint density at radius 1 is 1.13 bits per heavy atom. The summed E-state index contributed by atoms with van der Waals surface area (Å²) >= 11 is 0. The van der Waals surface area contributed by atoms with Crippen molar-refractivity contribution in [3.05, 3.63) is 53.2 Å². The lowest BCUT2D eigenvalue weighted by molar-refractivity contribution is -0.149. The van der Waals surface area contributed by atoms with Crippen molar-refractivity contribution >= 4 is 11.8 Å². The number of ether oxygens (including phenoxy) is 2. The molecule has 6 heteroatoms. The molecule has 1 heterocycles. The van der Waals surface area contributed by atoms with Crippen LogP contribution >= 0.6 is 0 Å². The number of benzene rings is 1. The molecule has 3 rings (SSSR count). The van der Waals surface area contributed by atoms with Crippen LogP contribution in [0.5, 0.6) is 11.6 Å². The van der Waals surface area contributed by atoms with E-state index >= 15 is 0 Å². The molecular formula is C25H31NO5. The molecule has 6 nitrogen and oxygen atoms in total. The molecule has 0 unspecified atom stereocenters. The standard InChI is InChI=1S/C25H31NO5/c1-18-8-7-9-19(14-18)10-13-31-22-15-20(17-26-23(22)30-2)21(27)16-25(24(28)29)11-5-3-4-6-12-25/h7-9,14-15,17H,3-6,10-13,16H2,1-2H3,(H,28,29). The second-order valence-electron chi connectivity index (χ2n) is 8.42. The predicted octanol–water partition coefficient (Wildman–Crippen LogP) is 5.02. The zero-order valence-electron chi connectivity index (χ0n) is 18.4. The normalized spacial score (nSPS) is 15.7. The molecule has 0 saturated heterocycles. The predicted molar refractivity (Wildman–Crippen MR) is 118 cm³/mol. The summed E-state index contributed by atoms with van der Waals surface area (Å²) in [5, 5.41) is 9.88. The van der Waals surface area contributed by atoms with Crippen molar-refractivity contribution in [1.82, 2.24) is 4.98 Å². The Labute approximate surface area is 183 Å². The summed E-state index contributed by atoms with van der Waals surface area (Å²) in [6.07, 6.45) is 6.94. The zero-order chi connectivity index (χ0) is 22.3. The van der Waals surface area contributed by atoms with Gasteiger partial charge in [-0.25, -0.2) is 4.98 Å². The fourth-order valence-corrected chi connectivity index (χ4v) is 4.27. The third-order valence-corrected chi connectivity index (χ3v) is 6.08. The summed E-state index contributed by atoms with van der Waals surface area (Å²) in [4.78, 5) is 29.3. The lowest BCUT2D eigenvalue weighted by Crippen LogP contribution is -2.33. The molecule has 1 aliphatic rings. The number of pyridine rings is 1. The van der Waals surface area contributed by atoms with Gasteiger partial charge in [0.15, 0.2) is 11.5 Å².